The van der Waals surface area contributed by atoms with Crippen molar-refractivity contribution < 1.29 is 22.9 Å². The van der Waals surface area contributed by atoms with Crippen LogP contribution in [0.3, 0.4) is 0 Å². The third-order valence-corrected chi connectivity index (χ3v) is 5.40. The van der Waals surface area contributed by atoms with Crippen LogP contribution in [0.1, 0.15) is 52.7 Å². The van der Waals surface area contributed by atoms with E-state index in [-0.39, 0.29) is 30.4 Å². The largest absolute Gasteiger partial charge is 0.351 e. The van der Waals surface area contributed by atoms with Gasteiger partial charge in [0.25, 0.3) is 5.91 Å². The Labute approximate surface area is 160 Å². The van der Waals surface area contributed by atoms with Gasteiger partial charge in [0, 0.05) is 38.5 Å². The van der Waals surface area contributed by atoms with E-state index in [0.717, 1.165) is 16.7 Å². The molecule has 28 heavy (non-hydrogen) atoms. The smallest absolute Gasteiger partial charge is 0.290 e. The molecule has 0 bridgehead atoms. The zero-order valence-corrected chi connectivity index (χ0v) is 15.7. The number of halogens is 2. The van der Waals surface area contributed by atoms with Crippen LogP contribution in [-0.4, -0.2) is 27.8 Å². The molecule has 1 aliphatic carbocycles. The summed E-state index contributed by atoms with van der Waals surface area (Å²) in [5.41, 5.74) is 2.52. The molecule has 2 amide bonds. The molecule has 1 fully saturated rings. The number of aromatic nitrogens is 1. The average Bonchev–Trinajstić information content (AvgIpc) is 3.22. The van der Waals surface area contributed by atoms with Crippen molar-refractivity contribution in [1.29, 1.82) is 0 Å². The van der Waals surface area contributed by atoms with Gasteiger partial charge in [-0.05, 0) is 23.6 Å². The van der Waals surface area contributed by atoms with Gasteiger partial charge in [-0.25, -0.2) is 8.78 Å². The van der Waals surface area contributed by atoms with Crippen LogP contribution in [-0.2, 0) is 24.4 Å². The lowest BCUT2D eigenvalue weighted by atomic mass is 9.66. The summed E-state index contributed by atoms with van der Waals surface area (Å²) in [6.07, 6.45) is -0.770. The second-order valence-corrected chi connectivity index (χ2v) is 8.05. The van der Waals surface area contributed by atoms with E-state index in [0.29, 0.717) is 25.3 Å². The Morgan fingerprint density at radius 3 is 2.57 bits per heavy atom. The highest BCUT2D eigenvalue weighted by Gasteiger charge is 2.59. The molecule has 4 rings (SSSR count). The Morgan fingerprint density at radius 1 is 1.21 bits per heavy atom. The fourth-order valence-electron chi connectivity index (χ4n) is 4.06. The van der Waals surface area contributed by atoms with E-state index >= 15 is 0 Å². The van der Waals surface area contributed by atoms with Crippen LogP contribution in [0.25, 0.3) is 0 Å². The summed E-state index contributed by atoms with van der Waals surface area (Å²) in [5.74, 6) is -3.15. The predicted molar refractivity (Wildman–Crippen MR) is 95.4 cm³/mol. The van der Waals surface area contributed by atoms with E-state index in [1.165, 1.54) is 0 Å². The van der Waals surface area contributed by atoms with Crippen LogP contribution in [0.4, 0.5) is 8.78 Å². The number of rotatable bonds is 4. The molecule has 1 aromatic heterocycles. The highest BCUT2D eigenvalue weighted by molar-refractivity contribution is 5.91. The number of hydrogen-bond acceptors (Lipinski definition) is 4. The molecule has 1 saturated carbocycles. The fraction of sp³-hybridized carbons (Fsp3) is 0.450. The maximum atomic E-state index is 13.3. The maximum absolute atomic E-state index is 13.3. The van der Waals surface area contributed by atoms with Gasteiger partial charge in [0.1, 0.15) is 0 Å². The predicted octanol–water partition coefficient (Wildman–Crippen LogP) is 3.19. The number of carbonyl (C=O) groups is 2. The summed E-state index contributed by atoms with van der Waals surface area (Å²) in [5, 5.41) is 6.45. The highest BCUT2D eigenvalue weighted by Crippen LogP contribution is 2.53. The zero-order chi connectivity index (χ0) is 20.1. The van der Waals surface area contributed by atoms with E-state index < -0.39 is 11.3 Å². The topological polar surface area (TPSA) is 75.4 Å². The van der Waals surface area contributed by atoms with Crippen LogP contribution in [0, 0.1) is 12.3 Å². The fourth-order valence-corrected chi connectivity index (χ4v) is 4.06. The second kappa shape index (κ2) is 6.39. The lowest BCUT2D eigenvalue weighted by molar-refractivity contribution is -0.183. The first kappa shape index (κ1) is 18.6. The third kappa shape index (κ3) is 3.39. The quantitative estimate of drug-likeness (QED) is 0.871. The SMILES string of the molecule is Cc1cc(C(=O)NCc2ccc3c(c2)CN(C(=O)C2(C)CC(F)(F)C2)C3)on1. The Morgan fingerprint density at radius 2 is 1.93 bits per heavy atom. The number of hydrogen-bond donors (Lipinski definition) is 1. The number of nitrogens with zero attached hydrogens (tertiary/aromatic N) is 2. The summed E-state index contributed by atoms with van der Waals surface area (Å²) in [7, 11) is 0. The van der Waals surface area contributed by atoms with Crippen molar-refractivity contribution in [3.63, 3.8) is 0 Å². The minimum Gasteiger partial charge on any atom is -0.351 e. The monoisotopic (exact) mass is 389 g/mol. The van der Waals surface area contributed by atoms with Gasteiger partial charge >= 0.3 is 0 Å². The van der Waals surface area contributed by atoms with E-state index in [4.69, 9.17) is 4.52 Å². The summed E-state index contributed by atoms with van der Waals surface area (Å²) in [4.78, 5) is 26.4. The van der Waals surface area contributed by atoms with Crippen molar-refractivity contribution >= 4 is 11.8 Å². The van der Waals surface area contributed by atoms with Crippen molar-refractivity contribution in [1.82, 2.24) is 15.4 Å². The van der Waals surface area contributed by atoms with Gasteiger partial charge in [-0.15, -0.1) is 0 Å². The molecule has 6 nitrogen and oxygen atoms in total. The normalized spacial score (nSPS) is 19.1. The van der Waals surface area contributed by atoms with Crippen molar-refractivity contribution in [3.05, 3.63) is 52.4 Å². The summed E-state index contributed by atoms with van der Waals surface area (Å²) >= 11 is 0. The number of fused-ring (bicyclic) bond motifs is 1. The molecule has 8 heteroatoms. The number of amides is 2. The molecule has 1 N–H and O–H groups in total. The lowest BCUT2D eigenvalue weighted by Crippen LogP contribution is -2.53. The summed E-state index contributed by atoms with van der Waals surface area (Å²) < 4.78 is 31.4. The van der Waals surface area contributed by atoms with Crippen LogP contribution >= 0.6 is 0 Å². The molecule has 1 aliphatic heterocycles. The van der Waals surface area contributed by atoms with Gasteiger partial charge in [-0.1, -0.05) is 30.3 Å². The molecule has 2 heterocycles. The van der Waals surface area contributed by atoms with Gasteiger partial charge in [0.05, 0.1) is 11.1 Å². The van der Waals surface area contributed by atoms with Gasteiger partial charge in [0.15, 0.2) is 0 Å². The number of aryl methyl sites for hydroxylation is 1. The minimum atomic E-state index is -2.73. The summed E-state index contributed by atoms with van der Waals surface area (Å²) in [6.45, 7) is 4.49. The molecule has 0 radical (unpaired) electrons. The summed E-state index contributed by atoms with van der Waals surface area (Å²) in [6, 6.07) is 7.30. The number of nitrogens with one attached hydrogen (secondary N) is 1. The van der Waals surface area contributed by atoms with E-state index in [9.17, 15) is 18.4 Å². The second-order valence-electron chi connectivity index (χ2n) is 8.05. The molecule has 2 aromatic rings. The highest BCUT2D eigenvalue weighted by atomic mass is 19.3. The molecule has 148 valence electrons. The lowest BCUT2D eigenvalue weighted by Gasteiger charge is -2.45. The first-order valence-electron chi connectivity index (χ1n) is 9.15. The molecule has 2 aliphatic rings. The Balaban J connectivity index is 1.38. The third-order valence-electron chi connectivity index (χ3n) is 5.40. The number of alkyl halides is 2. The van der Waals surface area contributed by atoms with Crippen molar-refractivity contribution in [2.24, 2.45) is 5.41 Å². The van der Waals surface area contributed by atoms with Crippen LogP contribution < -0.4 is 5.32 Å². The number of carbonyl (C=O) groups excluding carboxylic acids is 2. The zero-order valence-electron chi connectivity index (χ0n) is 15.7. The van der Waals surface area contributed by atoms with Gasteiger partial charge in [-0.3, -0.25) is 9.59 Å². The first-order chi connectivity index (χ1) is 13.2. The first-order valence-corrected chi connectivity index (χ1v) is 9.15. The minimum absolute atomic E-state index is 0.154. The standard InChI is InChI=1S/C20H21F2N3O3/c1-12-5-16(28-24-12)17(26)23-7-13-3-4-14-8-25(9-15(14)6-13)18(27)19(2)10-20(21,22)11-19/h3-6H,7-11H2,1-2H3,(H,23,26). The molecular formula is C20H21F2N3O3. The van der Waals surface area contributed by atoms with Gasteiger partial charge < -0.3 is 14.7 Å². The van der Waals surface area contributed by atoms with E-state index in [1.807, 2.05) is 18.2 Å². The van der Waals surface area contributed by atoms with Gasteiger partial charge in [-0.2, -0.15) is 0 Å². The molecule has 1 aromatic carbocycles. The Kier molecular flexibility index (Phi) is 4.24. The van der Waals surface area contributed by atoms with Gasteiger partial charge in [0.2, 0.25) is 17.6 Å². The van der Waals surface area contributed by atoms with E-state index in [1.54, 1.807) is 24.8 Å². The average molecular weight is 389 g/mol. The maximum Gasteiger partial charge on any atom is 0.290 e. The number of benzene rings is 1. The van der Waals surface area contributed by atoms with Crippen LogP contribution in [0.15, 0.2) is 28.8 Å². The van der Waals surface area contributed by atoms with Crippen LogP contribution in [0.2, 0.25) is 0 Å². The van der Waals surface area contributed by atoms with Crippen molar-refractivity contribution in [2.45, 2.75) is 52.2 Å². The van der Waals surface area contributed by atoms with Crippen LogP contribution in [0.5, 0.6) is 0 Å². The van der Waals surface area contributed by atoms with E-state index in [2.05, 4.69) is 10.5 Å². The molecule has 0 saturated heterocycles. The molecule has 0 unspecified atom stereocenters. The Bertz CT molecular complexity index is 946. The Hall–Kier alpha value is -2.77. The van der Waals surface area contributed by atoms with Crippen molar-refractivity contribution in [3.8, 4) is 0 Å². The van der Waals surface area contributed by atoms with Crippen molar-refractivity contribution in [2.75, 3.05) is 0 Å². The molecule has 0 spiro atoms. The molecular weight excluding hydrogens is 368 g/mol. The molecule has 0 atom stereocenters.